The van der Waals surface area contributed by atoms with Crippen molar-refractivity contribution in [1.29, 1.82) is 0 Å². The van der Waals surface area contributed by atoms with Crippen molar-refractivity contribution >= 4 is 17.7 Å². The molecule has 0 aromatic carbocycles. The minimum absolute atomic E-state index is 0.133. The van der Waals surface area contributed by atoms with Gasteiger partial charge in [0.15, 0.2) is 5.82 Å². The van der Waals surface area contributed by atoms with E-state index in [1.165, 1.54) is 22.9 Å². The summed E-state index contributed by atoms with van der Waals surface area (Å²) in [6.07, 6.45) is 6.73. The highest BCUT2D eigenvalue weighted by Gasteiger charge is 2.23. The topological polar surface area (TPSA) is 89.9 Å². The molecule has 2 N–H and O–H groups in total. The van der Waals surface area contributed by atoms with E-state index in [1.54, 1.807) is 12.4 Å². The number of likely N-dealkylation sites (tertiary alicyclic amines) is 1. The first kappa shape index (κ1) is 15.8. The molecule has 0 unspecified atom stereocenters. The van der Waals surface area contributed by atoms with Crippen LogP contribution in [0.3, 0.4) is 0 Å². The van der Waals surface area contributed by atoms with Gasteiger partial charge < -0.3 is 10.7 Å². The second kappa shape index (κ2) is 6.99. The molecular formula is C15H20N6OS. The SMILES string of the molecule is C[C@H]1CCCCN1C(=O)CSc1nnc(-c2cccnc2)n1N. The molecule has 2 aromatic heterocycles. The summed E-state index contributed by atoms with van der Waals surface area (Å²) in [5, 5.41) is 8.70. The van der Waals surface area contributed by atoms with Gasteiger partial charge in [-0.1, -0.05) is 11.8 Å². The van der Waals surface area contributed by atoms with E-state index < -0.39 is 0 Å². The zero-order chi connectivity index (χ0) is 16.2. The van der Waals surface area contributed by atoms with Gasteiger partial charge >= 0.3 is 0 Å². The highest BCUT2D eigenvalue weighted by atomic mass is 32.2. The molecule has 122 valence electrons. The average molecular weight is 332 g/mol. The number of aromatic nitrogens is 4. The number of carbonyl (C=O) groups is 1. The van der Waals surface area contributed by atoms with Crippen LogP contribution in [0.1, 0.15) is 26.2 Å². The van der Waals surface area contributed by atoms with Crippen LogP contribution in [0.5, 0.6) is 0 Å². The number of carbonyl (C=O) groups excluding carboxylic acids is 1. The lowest BCUT2D eigenvalue weighted by Crippen LogP contribution is -2.43. The van der Waals surface area contributed by atoms with E-state index in [9.17, 15) is 4.79 Å². The van der Waals surface area contributed by atoms with Gasteiger partial charge in [-0.3, -0.25) is 9.78 Å². The predicted molar refractivity (Wildman–Crippen MR) is 89.2 cm³/mol. The Labute approximate surface area is 139 Å². The highest BCUT2D eigenvalue weighted by molar-refractivity contribution is 7.99. The summed E-state index contributed by atoms with van der Waals surface area (Å²) in [5.74, 6) is 7.05. The number of nitrogens with zero attached hydrogens (tertiary/aromatic N) is 5. The Balaban J connectivity index is 1.65. The normalized spacial score (nSPS) is 18.1. The van der Waals surface area contributed by atoms with E-state index in [-0.39, 0.29) is 5.91 Å². The first-order valence-electron chi connectivity index (χ1n) is 7.70. The lowest BCUT2D eigenvalue weighted by atomic mass is 10.0. The van der Waals surface area contributed by atoms with Crippen molar-refractivity contribution in [3.63, 3.8) is 0 Å². The number of nitrogens with two attached hydrogens (primary N) is 1. The number of pyridine rings is 1. The van der Waals surface area contributed by atoms with Gasteiger partial charge in [0.05, 0.1) is 5.75 Å². The molecule has 1 atom stereocenters. The molecule has 3 heterocycles. The van der Waals surface area contributed by atoms with Crippen LogP contribution in [0.25, 0.3) is 11.4 Å². The van der Waals surface area contributed by atoms with Crippen LogP contribution in [-0.2, 0) is 4.79 Å². The molecule has 23 heavy (non-hydrogen) atoms. The third-order valence-corrected chi connectivity index (χ3v) is 4.96. The number of hydrogen-bond donors (Lipinski definition) is 1. The first-order valence-corrected chi connectivity index (χ1v) is 8.68. The number of amides is 1. The molecular weight excluding hydrogens is 312 g/mol. The number of thioether (sulfide) groups is 1. The minimum Gasteiger partial charge on any atom is -0.339 e. The van der Waals surface area contributed by atoms with Crippen LogP contribution in [0.2, 0.25) is 0 Å². The summed E-state index contributed by atoms with van der Waals surface area (Å²) in [5.41, 5.74) is 0.797. The molecule has 1 aliphatic heterocycles. The fourth-order valence-corrected chi connectivity index (χ4v) is 3.49. The van der Waals surface area contributed by atoms with Crippen molar-refractivity contribution in [2.45, 2.75) is 37.4 Å². The van der Waals surface area contributed by atoms with E-state index in [1.807, 2.05) is 17.0 Å². The maximum Gasteiger partial charge on any atom is 0.233 e. The van der Waals surface area contributed by atoms with Crippen LogP contribution in [-0.4, -0.2) is 49.0 Å². The molecule has 0 spiro atoms. The third kappa shape index (κ3) is 3.47. The van der Waals surface area contributed by atoms with Crippen LogP contribution in [0, 0.1) is 0 Å². The summed E-state index contributed by atoms with van der Waals surface area (Å²) in [4.78, 5) is 18.4. The molecule has 0 bridgehead atoms. The van der Waals surface area contributed by atoms with E-state index >= 15 is 0 Å². The van der Waals surface area contributed by atoms with Crippen LogP contribution >= 0.6 is 11.8 Å². The number of nitrogen functional groups attached to an aromatic ring is 1. The Kier molecular flexibility index (Phi) is 4.80. The maximum atomic E-state index is 12.4. The van der Waals surface area contributed by atoms with Gasteiger partial charge in [0.25, 0.3) is 0 Å². The predicted octanol–water partition coefficient (Wildman–Crippen LogP) is 1.55. The summed E-state index contributed by atoms with van der Waals surface area (Å²) in [6, 6.07) is 4.01. The Morgan fingerprint density at radius 1 is 1.43 bits per heavy atom. The van der Waals surface area contributed by atoms with E-state index in [4.69, 9.17) is 5.84 Å². The van der Waals surface area contributed by atoms with Gasteiger partial charge in [0.1, 0.15) is 0 Å². The number of rotatable bonds is 4. The Hall–Kier alpha value is -2.09. The quantitative estimate of drug-likeness (QED) is 0.675. The molecule has 1 amide bonds. The molecule has 2 aromatic rings. The van der Waals surface area contributed by atoms with Gasteiger partial charge in [-0.25, -0.2) is 4.68 Å². The Morgan fingerprint density at radius 2 is 2.30 bits per heavy atom. The zero-order valence-electron chi connectivity index (χ0n) is 13.1. The smallest absolute Gasteiger partial charge is 0.233 e. The van der Waals surface area contributed by atoms with Gasteiger partial charge in [0.2, 0.25) is 11.1 Å². The lowest BCUT2D eigenvalue weighted by Gasteiger charge is -2.33. The van der Waals surface area contributed by atoms with Crippen molar-refractivity contribution in [3.8, 4) is 11.4 Å². The molecule has 1 saturated heterocycles. The van der Waals surface area contributed by atoms with Crippen molar-refractivity contribution < 1.29 is 4.79 Å². The molecule has 1 aliphatic rings. The van der Waals surface area contributed by atoms with E-state index in [0.29, 0.717) is 22.8 Å². The fraction of sp³-hybridized carbons (Fsp3) is 0.467. The van der Waals surface area contributed by atoms with Crippen molar-refractivity contribution in [1.82, 2.24) is 24.8 Å². The largest absolute Gasteiger partial charge is 0.339 e. The van der Waals surface area contributed by atoms with Crippen LogP contribution < -0.4 is 5.84 Å². The van der Waals surface area contributed by atoms with Gasteiger partial charge in [-0.2, -0.15) is 0 Å². The van der Waals surface area contributed by atoms with Crippen molar-refractivity contribution in [2.24, 2.45) is 0 Å². The molecule has 1 fully saturated rings. The summed E-state index contributed by atoms with van der Waals surface area (Å²) < 4.78 is 1.41. The van der Waals surface area contributed by atoms with E-state index in [0.717, 1.165) is 24.9 Å². The summed E-state index contributed by atoms with van der Waals surface area (Å²) in [6.45, 7) is 2.95. The second-order valence-corrected chi connectivity index (χ2v) is 6.58. The van der Waals surface area contributed by atoms with Gasteiger partial charge in [0, 0.05) is 30.5 Å². The first-order chi connectivity index (χ1) is 11.2. The Morgan fingerprint density at radius 3 is 3.04 bits per heavy atom. The Bertz CT molecular complexity index is 674. The van der Waals surface area contributed by atoms with E-state index in [2.05, 4.69) is 22.1 Å². The molecule has 3 rings (SSSR count). The van der Waals surface area contributed by atoms with Gasteiger partial charge in [-0.05, 0) is 38.3 Å². The average Bonchev–Trinajstić information content (AvgIpc) is 2.94. The summed E-state index contributed by atoms with van der Waals surface area (Å²) >= 11 is 1.32. The molecule has 0 aliphatic carbocycles. The fourth-order valence-electron chi connectivity index (χ4n) is 2.75. The second-order valence-electron chi connectivity index (χ2n) is 5.64. The molecule has 0 saturated carbocycles. The van der Waals surface area contributed by atoms with Crippen molar-refractivity contribution in [2.75, 3.05) is 18.1 Å². The minimum atomic E-state index is 0.133. The van der Waals surface area contributed by atoms with Crippen LogP contribution in [0.4, 0.5) is 0 Å². The van der Waals surface area contributed by atoms with Gasteiger partial charge in [-0.15, -0.1) is 10.2 Å². The molecule has 8 heteroatoms. The third-order valence-electron chi connectivity index (χ3n) is 4.03. The lowest BCUT2D eigenvalue weighted by molar-refractivity contribution is -0.131. The van der Waals surface area contributed by atoms with Crippen molar-refractivity contribution in [3.05, 3.63) is 24.5 Å². The maximum absolute atomic E-state index is 12.4. The van der Waals surface area contributed by atoms with Crippen LogP contribution in [0.15, 0.2) is 29.7 Å². The number of piperidine rings is 1. The summed E-state index contributed by atoms with van der Waals surface area (Å²) in [7, 11) is 0. The standard InChI is InChI=1S/C15H20N6OS/c1-11-5-2-3-8-20(11)13(22)10-23-15-19-18-14(21(15)16)12-6-4-7-17-9-12/h4,6-7,9,11H,2-3,5,8,10,16H2,1H3/t11-/m0/s1. The monoisotopic (exact) mass is 332 g/mol. The zero-order valence-corrected chi connectivity index (χ0v) is 13.9. The molecule has 0 radical (unpaired) electrons. The molecule has 7 nitrogen and oxygen atoms in total. The highest BCUT2D eigenvalue weighted by Crippen LogP contribution is 2.23. The number of hydrogen-bond acceptors (Lipinski definition) is 6.